The Hall–Kier alpha value is -1.72. The van der Waals surface area contributed by atoms with Crippen LogP contribution in [0.5, 0.6) is 0 Å². The van der Waals surface area contributed by atoms with Gasteiger partial charge in [0.05, 0.1) is 7.11 Å². The largest absolute Gasteiger partial charge is 0.465 e. The first-order valence-corrected chi connectivity index (χ1v) is 7.00. The number of nitrogens with zero attached hydrogens (tertiary/aromatic N) is 1. The quantitative estimate of drug-likeness (QED) is 0.668. The number of benzene rings is 1. The average molecular weight is 275 g/mol. The lowest BCUT2D eigenvalue weighted by molar-refractivity contribution is 0.0606. The molecule has 0 atom stereocenters. The van der Waals surface area contributed by atoms with Crippen LogP contribution in [0.15, 0.2) is 35.8 Å². The molecule has 0 radical (unpaired) electrons. The van der Waals surface area contributed by atoms with E-state index in [0.29, 0.717) is 4.88 Å². The molecule has 3 aromatic rings. The molecule has 0 saturated heterocycles. The van der Waals surface area contributed by atoms with Gasteiger partial charge in [0.15, 0.2) is 0 Å². The standard InChI is InChI=1S/C13H9NO2S2/c1-16-13(15)10-7-8-3-2-4-9(11(8)18-10)12-14-5-6-17-12/h2-7H,1H3. The lowest BCUT2D eigenvalue weighted by Gasteiger charge is -1.97. The van der Waals surface area contributed by atoms with Crippen LogP contribution in [-0.4, -0.2) is 18.1 Å². The Kier molecular flexibility index (Phi) is 2.85. The molecule has 0 bridgehead atoms. The molecule has 90 valence electrons. The zero-order chi connectivity index (χ0) is 12.5. The van der Waals surface area contributed by atoms with E-state index >= 15 is 0 Å². The molecule has 0 spiro atoms. The maximum Gasteiger partial charge on any atom is 0.348 e. The Balaban J connectivity index is 2.22. The monoisotopic (exact) mass is 275 g/mol. The van der Waals surface area contributed by atoms with E-state index in [-0.39, 0.29) is 5.97 Å². The van der Waals surface area contributed by atoms with Crippen molar-refractivity contribution in [3.8, 4) is 10.6 Å². The second-order valence-corrected chi connectivity index (χ2v) is 5.61. The lowest BCUT2D eigenvalue weighted by Crippen LogP contribution is -1.96. The van der Waals surface area contributed by atoms with Gasteiger partial charge in [-0.25, -0.2) is 9.78 Å². The molecule has 0 aliphatic carbocycles. The predicted octanol–water partition coefficient (Wildman–Crippen LogP) is 3.81. The van der Waals surface area contributed by atoms with E-state index in [1.54, 1.807) is 17.5 Å². The van der Waals surface area contributed by atoms with E-state index in [0.717, 1.165) is 20.7 Å². The number of methoxy groups -OCH3 is 1. The van der Waals surface area contributed by atoms with Crippen LogP contribution in [0, 0.1) is 0 Å². The van der Waals surface area contributed by atoms with E-state index in [1.165, 1.54) is 18.4 Å². The average Bonchev–Trinajstić information content (AvgIpc) is 3.05. The zero-order valence-corrected chi connectivity index (χ0v) is 11.2. The molecule has 5 heteroatoms. The fourth-order valence-electron chi connectivity index (χ4n) is 1.79. The molecule has 0 unspecified atom stereocenters. The van der Waals surface area contributed by atoms with E-state index < -0.39 is 0 Å². The van der Waals surface area contributed by atoms with Gasteiger partial charge in [0, 0.05) is 21.8 Å². The number of carbonyl (C=O) groups excluding carboxylic acids is 1. The van der Waals surface area contributed by atoms with Gasteiger partial charge in [0.25, 0.3) is 0 Å². The van der Waals surface area contributed by atoms with Crippen LogP contribution in [0.1, 0.15) is 9.67 Å². The summed E-state index contributed by atoms with van der Waals surface area (Å²) < 4.78 is 5.83. The number of hydrogen-bond donors (Lipinski definition) is 0. The third-order valence-electron chi connectivity index (χ3n) is 2.59. The molecule has 18 heavy (non-hydrogen) atoms. The van der Waals surface area contributed by atoms with E-state index in [1.807, 2.05) is 29.6 Å². The summed E-state index contributed by atoms with van der Waals surface area (Å²) in [6.45, 7) is 0. The summed E-state index contributed by atoms with van der Waals surface area (Å²) in [6, 6.07) is 7.86. The maximum absolute atomic E-state index is 11.6. The minimum absolute atomic E-state index is 0.290. The number of thiophene rings is 1. The fraction of sp³-hybridized carbons (Fsp3) is 0.0769. The van der Waals surface area contributed by atoms with Gasteiger partial charge in [-0.15, -0.1) is 22.7 Å². The molecule has 1 aromatic carbocycles. The van der Waals surface area contributed by atoms with Gasteiger partial charge < -0.3 is 4.74 Å². The molecule has 0 aliphatic rings. The van der Waals surface area contributed by atoms with Gasteiger partial charge >= 0.3 is 5.97 Å². The minimum atomic E-state index is -0.290. The summed E-state index contributed by atoms with van der Waals surface area (Å²) in [5.41, 5.74) is 1.07. The normalized spacial score (nSPS) is 10.7. The van der Waals surface area contributed by atoms with Gasteiger partial charge in [-0.2, -0.15) is 0 Å². The molecule has 3 nitrogen and oxygen atoms in total. The predicted molar refractivity (Wildman–Crippen MR) is 74.3 cm³/mol. The van der Waals surface area contributed by atoms with Crippen molar-refractivity contribution >= 4 is 38.7 Å². The number of thiazole rings is 1. The number of rotatable bonds is 2. The maximum atomic E-state index is 11.6. The molecular weight excluding hydrogens is 266 g/mol. The number of carbonyl (C=O) groups is 1. The fourth-order valence-corrected chi connectivity index (χ4v) is 3.62. The summed E-state index contributed by atoms with van der Waals surface area (Å²) >= 11 is 3.04. The molecule has 0 amide bonds. The van der Waals surface area contributed by atoms with E-state index in [9.17, 15) is 4.79 Å². The van der Waals surface area contributed by atoms with E-state index in [4.69, 9.17) is 4.74 Å². The zero-order valence-electron chi connectivity index (χ0n) is 9.54. The Morgan fingerprint density at radius 3 is 3.00 bits per heavy atom. The van der Waals surface area contributed by atoms with Crippen LogP contribution in [0.25, 0.3) is 20.7 Å². The van der Waals surface area contributed by atoms with Crippen molar-refractivity contribution in [2.75, 3.05) is 7.11 Å². The molecule has 0 fully saturated rings. The summed E-state index contributed by atoms with van der Waals surface area (Å²) in [6.07, 6.45) is 1.79. The van der Waals surface area contributed by atoms with Crippen molar-refractivity contribution in [1.82, 2.24) is 4.98 Å². The summed E-state index contributed by atoms with van der Waals surface area (Å²) in [5, 5.41) is 3.97. The molecule has 2 heterocycles. The first-order chi connectivity index (χ1) is 8.79. The van der Waals surface area contributed by atoms with E-state index in [2.05, 4.69) is 4.98 Å². The summed E-state index contributed by atoms with van der Waals surface area (Å²) in [4.78, 5) is 16.5. The van der Waals surface area contributed by atoms with Crippen molar-refractivity contribution < 1.29 is 9.53 Å². The van der Waals surface area contributed by atoms with Crippen LogP contribution < -0.4 is 0 Å². The second-order valence-electron chi connectivity index (χ2n) is 3.66. The lowest BCUT2D eigenvalue weighted by atomic mass is 10.2. The van der Waals surface area contributed by atoms with Crippen LogP contribution in [0.4, 0.5) is 0 Å². The third-order valence-corrected chi connectivity index (χ3v) is 4.56. The molecule has 3 rings (SSSR count). The smallest absolute Gasteiger partial charge is 0.348 e. The van der Waals surface area contributed by atoms with Gasteiger partial charge in [-0.3, -0.25) is 0 Å². The van der Waals surface area contributed by atoms with Crippen molar-refractivity contribution in [3.63, 3.8) is 0 Å². The second kappa shape index (κ2) is 4.51. The first-order valence-electron chi connectivity index (χ1n) is 5.30. The first kappa shape index (κ1) is 11.4. The highest BCUT2D eigenvalue weighted by atomic mass is 32.1. The summed E-state index contributed by atoms with van der Waals surface area (Å²) in [7, 11) is 1.40. The van der Waals surface area contributed by atoms with Gasteiger partial charge in [0.1, 0.15) is 9.88 Å². The Labute approximate surface area is 112 Å². The Bertz CT molecular complexity index is 701. The van der Waals surface area contributed by atoms with Crippen molar-refractivity contribution in [3.05, 3.63) is 40.7 Å². The molecular formula is C13H9NO2S2. The SMILES string of the molecule is COC(=O)c1cc2cccc(-c3nccs3)c2s1. The van der Waals surface area contributed by atoms with Crippen molar-refractivity contribution in [2.45, 2.75) is 0 Å². The highest BCUT2D eigenvalue weighted by Crippen LogP contribution is 2.35. The summed E-state index contributed by atoms with van der Waals surface area (Å²) in [5.74, 6) is -0.290. The number of hydrogen-bond acceptors (Lipinski definition) is 5. The number of fused-ring (bicyclic) bond motifs is 1. The number of ether oxygens (including phenoxy) is 1. The highest BCUT2D eigenvalue weighted by Gasteiger charge is 2.14. The number of esters is 1. The Morgan fingerprint density at radius 2 is 2.28 bits per heavy atom. The van der Waals surface area contributed by atoms with Crippen molar-refractivity contribution in [2.24, 2.45) is 0 Å². The highest BCUT2D eigenvalue weighted by molar-refractivity contribution is 7.22. The van der Waals surface area contributed by atoms with Gasteiger partial charge in [0.2, 0.25) is 0 Å². The molecule has 2 aromatic heterocycles. The Morgan fingerprint density at radius 1 is 1.39 bits per heavy atom. The van der Waals surface area contributed by atoms with Crippen LogP contribution >= 0.6 is 22.7 Å². The van der Waals surface area contributed by atoms with Crippen LogP contribution in [0.3, 0.4) is 0 Å². The molecule has 0 aliphatic heterocycles. The van der Waals surface area contributed by atoms with Crippen LogP contribution in [0.2, 0.25) is 0 Å². The third kappa shape index (κ3) is 1.81. The van der Waals surface area contributed by atoms with Gasteiger partial charge in [-0.05, 0) is 11.5 Å². The molecule has 0 N–H and O–H groups in total. The van der Waals surface area contributed by atoms with Gasteiger partial charge in [-0.1, -0.05) is 18.2 Å². The van der Waals surface area contributed by atoms with Crippen LogP contribution in [-0.2, 0) is 4.74 Å². The number of aromatic nitrogens is 1. The van der Waals surface area contributed by atoms with Crippen molar-refractivity contribution in [1.29, 1.82) is 0 Å². The minimum Gasteiger partial charge on any atom is -0.465 e. The molecule has 0 saturated carbocycles. The topological polar surface area (TPSA) is 39.2 Å².